The van der Waals surface area contributed by atoms with Gasteiger partial charge in [0, 0.05) is 6.42 Å². The molecule has 0 spiro atoms. The van der Waals surface area contributed by atoms with E-state index in [1.807, 2.05) is 0 Å². The van der Waals surface area contributed by atoms with Gasteiger partial charge in [-0.15, -0.1) is 0 Å². The van der Waals surface area contributed by atoms with E-state index in [1.165, 1.54) is 167 Å². The second-order valence-corrected chi connectivity index (χ2v) is 14.6. The maximum Gasteiger partial charge on any atom is 0.347 e. The van der Waals surface area contributed by atoms with Gasteiger partial charge in [-0.3, -0.25) is 4.79 Å². The molecule has 0 aliphatic carbocycles. The van der Waals surface area contributed by atoms with Crippen LogP contribution in [0, 0.1) is 0 Å². The third kappa shape index (κ3) is 36.0. The number of unbranched alkanes of at least 4 members (excludes halogenated alkanes) is 29. The molecule has 4 heteroatoms. The highest BCUT2D eigenvalue weighted by molar-refractivity contribution is 5.79. The molecule has 0 aromatic rings. The molecule has 0 radical (unpaired) electrons. The number of carbonyl (C=O) groups excluding carboxylic acids is 2. The number of allylic oxidation sites excluding steroid dienone is 2. The smallest absolute Gasteiger partial charge is 0.347 e. The Labute approximate surface area is 300 Å². The summed E-state index contributed by atoms with van der Waals surface area (Å²) < 4.78 is 11.3. The Morgan fingerprint density at radius 3 is 1.23 bits per heavy atom. The molecule has 0 heterocycles. The third-order valence-electron chi connectivity index (χ3n) is 9.74. The normalized spacial score (nSPS) is 12.1. The summed E-state index contributed by atoms with van der Waals surface area (Å²) in [6, 6.07) is 0. The highest BCUT2D eigenvalue weighted by Crippen LogP contribution is 2.17. The fourth-order valence-electron chi connectivity index (χ4n) is 6.45. The Balaban J connectivity index is 4.14. The Bertz CT molecular complexity index is 687. The van der Waals surface area contributed by atoms with Gasteiger partial charge < -0.3 is 9.47 Å². The average molecular weight is 677 g/mol. The maximum atomic E-state index is 12.9. The highest BCUT2D eigenvalue weighted by atomic mass is 16.6. The first-order valence-corrected chi connectivity index (χ1v) is 21.7. The van der Waals surface area contributed by atoms with Crippen molar-refractivity contribution in [1.82, 2.24) is 0 Å². The largest absolute Gasteiger partial charge is 0.463 e. The molecule has 0 saturated carbocycles. The summed E-state index contributed by atoms with van der Waals surface area (Å²) in [5, 5.41) is 0. The van der Waals surface area contributed by atoms with E-state index in [4.69, 9.17) is 9.47 Å². The first-order valence-electron chi connectivity index (χ1n) is 21.7. The van der Waals surface area contributed by atoms with Crippen LogP contribution in [0.25, 0.3) is 0 Å². The predicted octanol–water partition coefficient (Wildman–Crippen LogP) is 14.7. The quantitative estimate of drug-likeness (QED) is 0.0369. The molecule has 0 rings (SSSR count). The molecule has 1 unspecified atom stereocenters. The zero-order valence-corrected chi connectivity index (χ0v) is 32.8. The van der Waals surface area contributed by atoms with Crippen molar-refractivity contribution >= 4 is 11.9 Å². The molecule has 0 aliphatic rings. The van der Waals surface area contributed by atoms with Crippen molar-refractivity contribution in [1.29, 1.82) is 0 Å². The van der Waals surface area contributed by atoms with E-state index in [1.54, 1.807) is 0 Å². The molecule has 0 fully saturated rings. The summed E-state index contributed by atoms with van der Waals surface area (Å²) in [5.74, 6) is -0.573. The predicted molar refractivity (Wildman–Crippen MR) is 209 cm³/mol. The molecule has 4 nitrogen and oxygen atoms in total. The van der Waals surface area contributed by atoms with E-state index in [2.05, 4.69) is 32.9 Å². The summed E-state index contributed by atoms with van der Waals surface area (Å²) in [6.45, 7) is 7.21. The van der Waals surface area contributed by atoms with Crippen LogP contribution in [-0.4, -0.2) is 24.6 Å². The van der Waals surface area contributed by atoms with Crippen LogP contribution in [0.3, 0.4) is 0 Å². The average Bonchev–Trinajstić information content (AvgIpc) is 3.09. The van der Waals surface area contributed by atoms with E-state index in [-0.39, 0.29) is 11.9 Å². The molecule has 48 heavy (non-hydrogen) atoms. The number of esters is 2. The van der Waals surface area contributed by atoms with Gasteiger partial charge in [-0.1, -0.05) is 200 Å². The maximum absolute atomic E-state index is 12.9. The van der Waals surface area contributed by atoms with Crippen LogP contribution in [0.1, 0.15) is 245 Å². The monoisotopic (exact) mass is 677 g/mol. The molecule has 1 atom stereocenters. The van der Waals surface area contributed by atoms with E-state index in [0.29, 0.717) is 19.4 Å². The minimum Gasteiger partial charge on any atom is -0.463 e. The third-order valence-corrected chi connectivity index (χ3v) is 9.74. The van der Waals surface area contributed by atoms with Crippen LogP contribution in [0.4, 0.5) is 0 Å². The Hall–Kier alpha value is -1.32. The zero-order valence-electron chi connectivity index (χ0n) is 32.8. The van der Waals surface area contributed by atoms with Gasteiger partial charge >= 0.3 is 11.9 Å². The minimum atomic E-state index is -0.738. The van der Waals surface area contributed by atoms with Crippen LogP contribution >= 0.6 is 0 Å². The van der Waals surface area contributed by atoms with E-state index >= 15 is 0 Å². The van der Waals surface area contributed by atoms with Gasteiger partial charge in [0.15, 0.2) is 6.10 Å². The first kappa shape index (κ1) is 46.7. The van der Waals surface area contributed by atoms with Gasteiger partial charge in [0.1, 0.15) is 0 Å². The number of rotatable bonds is 39. The number of hydrogen-bond acceptors (Lipinski definition) is 4. The first-order chi connectivity index (χ1) is 23.7. The van der Waals surface area contributed by atoms with E-state index in [9.17, 15) is 9.59 Å². The SMILES string of the molecule is CCCCCCCC/C=C\CCCCCCCC(=O)OC(CCCCCCCCCCCCCCCC)C(=O)OCCCCCCCC. The second-order valence-electron chi connectivity index (χ2n) is 14.6. The molecular weight excluding hydrogens is 592 g/mol. The topological polar surface area (TPSA) is 52.6 Å². The van der Waals surface area contributed by atoms with Crippen molar-refractivity contribution < 1.29 is 19.1 Å². The van der Waals surface area contributed by atoms with Gasteiger partial charge in [-0.05, 0) is 51.4 Å². The van der Waals surface area contributed by atoms with Crippen molar-refractivity contribution in [2.24, 2.45) is 0 Å². The molecule has 284 valence electrons. The summed E-state index contributed by atoms with van der Waals surface area (Å²) in [5.41, 5.74) is 0. The van der Waals surface area contributed by atoms with Gasteiger partial charge in [0.2, 0.25) is 0 Å². The second kappa shape index (κ2) is 40.1. The number of ether oxygens (including phenoxy) is 2. The number of hydrogen-bond donors (Lipinski definition) is 0. The summed E-state index contributed by atoms with van der Waals surface area (Å²) >= 11 is 0. The fourth-order valence-corrected chi connectivity index (χ4v) is 6.45. The van der Waals surface area contributed by atoms with Crippen LogP contribution in [0.15, 0.2) is 12.2 Å². The molecule has 0 aliphatic heterocycles. The van der Waals surface area contributed by atoms with Crippen LogP contribution in [0.5, 0.6) is 0 Å². The Morgan fingerprint density at radius 2 is 0.792 bits per heavy atom. The Kier molecular flexibility index (Phi) is 39.0. The van der Waals surface area contributed by atoms with Crippen LogP contribution in [-0.2, 0) is 19.1 Å². The van der Waals surface area contributed by atoms with Crippen LogP contribution in [0.2, 0.25) is 0 Å². The minimum absolute atomic E-state index is 0.237. The van der Waals surface area contributed by atoms with Crippen molar-refractivity contribution in [2.45, 2.75) is 252 Å². The van der Waals surface area contributed by atoms with Crippen molar-refractivity contribution in [3.05, 3.63) is 12.2 Å². The molecule has 0 N–H and O–H groups in total. The molecule has 0 saturated heterocycles. The lowest BCUT2D eigenvalue weighted by Gasteiger charge is -2.17. The van der Waals surface area contributed by atoms with E-state index in [0.717, 1.165) is 44.9 Å². The molecular formula is C44H84O4. The van der Waals surface area contributed by atoms with Crippen LogP contribution < -0.4 is 0 Å². The van der Waals surface area contributed by atoms with Gasteiger partial charge in [-0.25, -0.2) is 4.79 Å². The van der Waals surface area contributed by atoms with Gasteiger partial charge in [0.05, 0.1) is 6.61 Å². The lowest BCUT2D eigenvalue weighted by atomic mass is 10.0. The van der Waals surface area contributed by atoms with Crippen molar-refractivity contribution in [3.8, 4) is 0 Å². The van der Waals surface area contributed by atoms with Gasteiger partial charge in [0.25, 0.3) is 0 Å². The number of carbonyl (C=O) groups is 2. The lowest BCUT2D eigenvalue weighted by Crippen LogP contribution is -2.29. The van der Waals surface area contributed by atoms with Crippen molar-refractivity contribution in [2.75, 3.05) is 6.61 Å². The fraction of sp³-hybridized carbons (Fsp3) is 0.909. The standard InChI is InChI=1S/C44H84O4/c1-4-7-10-13-16-18-20-22-24-26-28-30-32-34-37-40-43(45)48-42(44(46)47-41-38-35-15-12-9-6-3)39-36-33-31-29-27-25-23-21-19-17-14-11-8-5-2/h22,24,42H,4-21,23,25-41H2,1-3H3/b24-22-. The highest BCUT2D eigenvalue weighted by Gasteiger charge is 2.24. The van der Waals surface area contributed by atoms with E-state index < -0.39 is 6.10 Å². The summed E-state index contributed by atoms with van der Waals surface area (Å²) in [6.07, 6.45) is 46.1. The molecule has 0 aromatic carbocycles. The van der Waals surface area contributed by atoms with Gasteiger partial charge in [-0.2, -0.15) is 0 Å². The van der Waals surface area contributed by atoms with Crippen molar-refractivity contribution in [3.63, 3.8) is 0 Å². The lowest BCUT2D eigenvalue weighted by molar-refractivity contribution is -0.168. The Morgan fingerprint density at radius 1 is 0.438 bits per heavy atom. The zero-order chi connectivity index (χ0) is 35.0. The summed E-state index contributed by atoms with van der Waals surface area (Å²) in [7, 11) is 0. The molecule has 0 aromatic heterocycles. The molecule has 0 amide bonds. The summed E-state index contributed by atoms with van der Waals surface area (Å²) in [4.78, 5) is 25.6. The molecule has 0 bridgehead atoms.